The van der Waals surface area contributed by atoms with Gasteiger partial charge < -0.3 is 5.11 Å². The molecule has 1 N–H and O–H groups in total. The third kappa shape index (κ3) is 3.29. The van der Waals surface area contributed by atoms with Crippen molar-refractivity contribution in [2.75, 3.05) is 0 Å². The van der Waals surface area contributed by atoms with Crippen LogP contribution in [0.2, 0.25) is 0 Å². The van der Waals surface area contributed by atoms with Crippen molar-refractivity contribution in [1.29, 1.82) is 0 Å². The summed E-state index contributed by atoms with van der Waals surface area (Å²) in [5.41, 5.74) is 2.19. The fraction of sp³-hybridized carbons (Fsp3) is 0.667. The van der Waals surface area contributed by atoms with Gasteiger partial charge in [-0.2, -0.15) is 0 Å². The van der Waals surface area contributed by atoms with Gasteiger partial charge in [-0.15, -0.1) is 0 Å². The van der Waals surface area contributed by atoms with Crippen molar-refractivity contribution in [2.45, 2.75) is 58.0 Å². The highest BCUT2D eigenvalue weighted by Gasteiger charge is 2.22. The molecular weight excluding hydrogens is 210 g/mol. The van der Waals surface area contributed by atoms with Gasteiger partial charge in [-0.1, -0.05) is 32.1 Å². The number of nitrogens with zero attached hydrogens (tertiary/aromatic N) is 1. The predicted octanol–water partition coefficient (Wildman–Crippen LogP) is 3.78. The minimum absolute atomic E-state index is 0.318. The summed E-state index contributed by atoms with van der Waals surface area (Å²) in [6.45, 7) is 2.06. The highest BCUT2D eigenvalue weighted by molar-refractivity contribution is 5.24. The Hall–Kier alpha value is -0.890. The van der Waals surface area contributed by atoms with Crippen molar-refractivity contribution in [1.82, 2.24) is 4.98 Å². The maximum atomic E-state index is 10.5. The second-order valence-corrected chi connectivity index (χ2v) is 5.28. The summed E-state index contributed by atoms with van der Waals surface area (Å²) in [7, 11) is 0. The third-order valence-corrected chi connectivity index (χ3v) is 3.99. The van der Waals surface area contributed by atoms with Gasteiger partial charge in [0.05, 0.1) is 6.10 Å². The highest BCUT2D eigenvalue weighted by atomic mass is 16.3. The summed E-state index contributed by atoms with van der Waals surface area (Å²) >= 11 is 0. The van der Waals surface area contributed by atoms with Gasteiger partial charge >= 0.3 is 0 Å². The lowest BCUT2D eigenvalue weighted by molar-refractivity contribution is 0.0904. The maximum absolute atomic E-state index is 10.5. The predicted molar refractivity (Wildman–Crippen MR) is 69.7 cm³/mol. The lowest BCUT2D eigenvalue weighted by Crippen LogP contribution is -2.15. The van der Waals surface area contributed by atoms with Crippen LogP contribution in [0.15, 0.2) is 18.5 Å². The van der Waals surface area contributed by atoms with Gasteiger partial charge in [0.25, 0.3) is 0 Å². The van der Waals surface area contributed by atoms with Crippen LogP contribution in [0.4, 0.5) is 0 Å². The summed E-state index contributed by atoms with van der Waals surface area (Å²) in [5, 5.41) is 10.5. The Bertz CT molecular complexity index is 343. The van der Waals surface area contributed by atoms with Gasteiger partial charge in [-0.3, -0.25) is 4.98 Å². The fourth-order valence-corrected chi connectivity index (χ4v) is 2.84. The molecule has 2 heteroatoms. The van der Waals surface area contributed by atoms with Crippen molar-refractivity contribution < 1.29 is 5.11 Å². The molecule has 17 heavy (non-hydrogen) atoms. The monoisotopic (exact) mass is 233 g/mol. The van der Waals surface area contributed by atoms with Crippen molar-refractivity contribution in [3.05, 3.63) is 29.6 Å². The van der Waals surface area contributed by atoms with Gasteiger partial charge in [-0.25, -0.2) is 0 Å². The maximum Gasteiger partial charge on any atom is 0.0835 e. The largest absolute Gasteiger partial charge is 0.388 e. The molecule has 0 radical (unpaired) electrons. The van der Waals surface area contributed by atoms with Crippen LogP contribution in [0.1, 0.15) is 62.2 Å². The molecule has 94 valence electrons. The smallest absolute Gasteiger partial charge is 0.0835 e. The van der Waals surface area contributed by atoms with E-state index in [1.807, 2.05) is 12.3 Å². The van der Waals surface area contributed by atoms with E-state index >= 15 is 0 Å². The van der Waals surface area contributed by atoms with Gasteiger partial charge in [0, 0.05) is 18.0 Å². The molecule has 1 aliphatic carbocycles. The van der Waals surface area contributed by atoms with E-state index in [0.717, 1.165) is 24.0 Å². The molecule has 2 rings (SSSR count). The van der Waals surface area contributed by atoms with E-state index in [0.29, 0.717) is 5.92 Å². The number of aromatic nitrogens is 1. The first-order chi connectivity index (χ1) is 8.29. The normalized spacial score (nSPS) is 20.6. The van der Waals surface area contributed by atoms with Crippen molar-refractivity contribution in [2.24, 2.45) is 5.92 Å². The van der Waals surface area contributed by atoms with E-state index < -0.39 is 0 Å². The molecule has 1 unspecified atom stereocenters. The molecule has 1 aliphatic rings. The summed E-state index contributed by atoms with van der Waals surface area (Å²) in [4.78, 5) is 4.14. The molecule has 0 aliphatic heterocycles. The standard InChI is InChI=1S/C15H23NO/c1-12-9-10-16-11-14(12)15(17)13-7-5-3-2-4-6-8-13/h9-11,13,15,17H,2-8H2,1H3. The Labute approximate surface area is 104 Å². The Morgan fingerprint density at radius 1 is 1.18 bits per heavy atom. The number of pyridine rings is 1. The van der Waals surface area contributed by atoms with Crippen LogP contribution >= 0.6 is 0 Å². The number of hydrogen-bond acceptors (Lipinski definition) is 2. The summed E-state index contributed by atoms with van der Waals surface area (Å²) in [6, 6.07) is 1.99. The molecule has 0 saturated heterocycles. The molecule has 1 aromatic heterocycles. The number of aliphatic hydroxyl groups is 1. The van der Waals surface area contributed by atoms with E-state index in [1.54, 1.807) is 6.20 Å². The van der Waals surface area contributed by atoms with E-state index in [9.17, 15) is 5.11 Å². The van der Waals surface area contributed by atoms with Gasteiger partial charge in [0.1, 0.15) is 0 Å². The Morgan fingerprint density at radius 3 is 2.47 bits per heavy atom. The Balaban J connectivity index is 2.07. The second-order valence-electron chi connectivity index (χ2n) is 5.28. The lowest BCUT2D eigenvalue weighted by atomic mass is 9.84. The molecule has 1 saturated carbocycles. The van der Waals surface area contributed by atoms with Crippen LogP contribution in [-0.2, 0) is 0 Å². The van der Waals surface area contributed by atoms with E-state index in [-0.39, 0.29) is 6.10 Å². The minimum Gasteiger partial charge on any atom is -0.388 e. The first-order valence-electron chi connectivity index (χ1n) is 6.87. The van der Waals surface area contributed by atoms with E-state index in [1.165, 1.54) is 32.1 Å². The van der Waals surface area contributed by atoms with E-state index in [2.05, 4.69) is 11.9 Å². The fourth-order valence-electron chi connectivity index (χ4n) is 2.84. The zero-order valence-electron chi connectivity index (χ0n) is 10.7. The number of rotatable bonds is 2. The van der Waals surface area contributed by atoms with Crippen LogP contribution in [0, 0.1) is 12.8 Å². The first kappa shape index (κ1) is 12.6. The summed E-state index contributed by atoms with van der Waals surface area (Å²) < 4.78 is 0. The quantitative estimate of drug-likeness (QED) is 0.843. The molecule has 2 nitrogen and oxygen atoms in total. The van der Waals surface area contributed by atoms with Crippen LogP contribution in [0.3, 0.4) is 0 Å². The zero-order chi connectivity index (χ0) is 12.1. The molecule has 1 fully saturated rings. The number of hydrogen-bond donors (Lipinski definition) is 1. The zero-order valence-corrected chi connectivity index (χ0v) is 10.7. The number of aliphatic hydroxyl groups excluding tert-OH is 1. The SMILES string of the molecule is Cc1ccncc1C(O)C1CCCCCCC1. The third-order valence-electron chi connectivity index (χ3n) is 3.99. The van der Waals surface area contributed by atoms with Crippen molar-refractivity contribution >= 4 is 0 Å². The van der Waals surface area contributed by atoms with Crippen LogP contribution < -0.4 is 0 Å². The summed E-state index contributed by atoms with van der Waals surface area (Å²) in [5.74, 6) is 0.429. The lowest BCUT2D eigenvalue weighted by Gasteiger charge is -2.25. The average Bonchev–Trinajstić information content (AvgIpc) is 2.28. The Kier molecular flexibility index (Phi) is 4.55. The Morgan fingerprint density at radius 2 is 1.82 bits per heavy atom. The topological polar surface area (TPSA) is 33.1 Å². The first-order valence-corrected chi connectivity index (χ1v) is 6.87. The van der Waals surface area contributed by atoms with Gasteiger partial charge in [-0.05, 0) is 37.3 Å². The molecule has 0 bridgehead atoms. The van der Waals surface area contributed by atoms with Crippen LogP contribution in [0.5, 0.6) is 0 Å². The molecule has 0 aromatic carbocycles. The molecular formula is C15H23NO. The van der Waals surface area contributed by atoms with Crippen LogP contribution in [0.25, 0.3) is 0 Å². The molecule has 1 atom stereocenters. The van der Waals surface area contributed by atoms with Crippen molar-refractivity contribution in [3.63, 3.8) is 0 Å². The van der Waals surface area contributed by atoms with Gasteiger partial charge in [0.2, 0.25) is 0 Å². The highest BCUT2D eigenvalue weighted by Crippen LogP contribution is 2.33. The average molecular weight is 233 g/mol. The molecule has 1 aromatic rings. The minimum atomic E-state index is -0.318. The van der Waals surface area contributed by atoms with Crippen LogP contribution in [-0.4, -0.2) is 10.1 Å². The second kappa shape index (κ2) is 6.15. The molecule has 0 amide bonds. The number of aryl methyl sites for hydroxylation is 1. The summed E-state index contributed by atoms with van der Waals surface area (Å²) in [6.07, 6.45) is 12.2. The molecule has 1 heterocycles. The molecule has 0 spiro atoms. The van der Waals surface area contributed by atoms with Crippen molar-refractivity contribution in [3.8, 4) is 0 Å². The van der Waals surface area contributed by atoms with E-state index in [4.69, 9.17) is 0 Å². The van der Waals surface area contributed by atoms with Gasteiger partial charge in [0.15, 0.2) is 0 Å².